The Bertz CT molecular complexity index is 1200. The first kappa shape index (κ1) is 33.4. The number of nitrogens with zero attached hydrogens (tertiary/aromatic N) is 1. The minimum atomic E-state index is -1.20. The van der Waals surface area contributed by atoms with Crippen molar-refractivity contribution in [1.82, 2.24) is 20.9 Å². The number of carbonyl (C=O) groups is 4. The summed E-state index contributed by atoms with van der Waals surface area (Å²) in [5.41, 5.74) is 23.8. The number of guanidine groups is 1. The molecule has 0 spiro atoms. The fraction of sp³-hybridized carbons (Fsp3) is 0.500. The highest BCUT2D eigenvalue weighted by Gasteiger charge is 2.30. The number of amides is 3. The van der Waals surface area contributed by atoms with Crippen molar-refractivity contribution in [3.05, 3.63) is 36.0 Å². The Morgan fingerprint density at radius 1 is 0.927 bits per heavy atom. The van der Waals surface area contributed by atoms with Crippen LogP contribution in [0.15, 0.2) is 35.5 Å². The van der Waals surface area contributed by atoms with Gasteiger partial charge in [0.25, 0.3) is 0 Å². The zero-order valence-electron chi connectivity index (χ0n) is 22.8. The first-order valence-electron chi connectivity index (χ1n) is 13.4. The number of nitrogens with one attached hydrogen (secondary N) is 4. The predicted molar refractivity (Wildman–Crippen MR) is 160 cm³/mol. The number of thiol groups is 1. The number of aromatic amines is 1. The number of aliphatic carboxylic acids is 1. The number of aromatic nitrogens is 1. The highest BCUT2D eigenvalue weighted by molar-refractivity contribution is 7.80. The molecule has 0 radical (unpaired) electrons. The van der Waals surface area contributed by atoms with Gasteiger partial charge >= 0.3 is 5.97 Å². The van der Waals surface area contributed by atoms with Crippen LogP contribution in [0.3, 0.4) is 0 Å². The lowest BCUT2D eigenvalue weighted by Crippen LogP contribution is -2.58. The van der Waals surface area contributed by atoms with E-state index in [0.29, 0.717) is 32.4 Å². The molecule has 4 unspecified atom stereocenters. The molecule has 1 aromatic carbocycles. The molecule has 0 saturated heterocycles. The number of benzene rings is 1. The maximum absolute atomic E-state index is 13.4. The molecule has 0 aliphatic rings. The highest BCUT2D eigenvalue weighted by Crippen LogP contribution is 2.19. The number of nitrogens with two attached hydrogens (primary N) is 4. The number of unbranched alkanes of at least 4 members (excludes halogenated alkanes) is 1. The Hall–Kier alpha value is -3.82. The van der Waals surface area contributed by atoms with Crippen LogP contribution in [0.5, 0.6) is 0 Å². The molecule has 3 amide bonds. The van der Waals surface area contributed by atoms with E-state index in [-0.39, 0.29) is 31.0 Å². The van der Waals surface area contributed by atoms with Crippen LogP contribution in [0.4, 0.5) is 0 Å². The summed E-state index contributed by atoms with van der Waals surface area (Å²) in [5, 5.41) is 18.1. The van der Waals surface area contributed by atoms with Crippen LogP contribution in [0.2, 0.25) is 0 Å². The summed E-state index contributed by atoms with van der Waals surface area (Å²) in [6, 6.07) is 3.15. The number of hydrogen-bond acceptors (Lipinski definition) is 8. The zero-order valence-corrected chi connectivity index (χ0v) is 23.7. The summed E-state index contributed by atoms with van der Waals surface area (Å²) in [4.78, 5) is 57.9. The summed E-state index contributed by atoms with van der Waals surface area (Å²) in [6.45, 7) is 0.698. The van der Waals surface area contributed by atoms with Gasteiger partial charge < -0.3 is 49.0 Å². The van der Waals surface area contributed by atoms with Gasteiger partial charge in [-0.05, 0) is 50.3 Å². The largest absolute Gasteiger partial charge is 0.480 e. The maximum Gasteiger partial charge on any atom is 0.326 e. The van der Waals surface area contributed by atoms with E-state index < -0.39 is 47.9 Å². The lowest BCUT2D eigenvalue weighted by atomic mass is 10.0. The van der Waals surface area contributed by atoms with E-state index in [1.807, 2.05) is 24.3 Å². The fourth-order valence-corrected chi connectivity index (χ4v) is 4.40. The van der Waals surface area contributed by atoms with E-state index in [1.165, 1.54) is 0 Å². The van der Waals surface area contributed by atoms with Gasteiger partial charge in [-0.15, -0.1) is 0 Å². The number of carbonyl (C=O) groups excluding carboxylic acids is 3. The van der Waals surface area contributed by atoms with Crippen LogP contribution in [-0.4, -0.2) is 82.8 Å². The Kier molecular flexibility index (Phi) is 13.9. The molecule has 1 heterocycles. The lowest BCUT2D eigenvalue weighted by molar-refractivity contribution is -0.142. The molecule has 0 fully saturated rings. The minimum absolute atomic E-state index is 0.0634. The summed E-state index contributed by atoms with van der Waals surface area (Å²) < 4.78 is 0. The molecule has 2 rings (SSSR count). The van der Waals surface area contributed by atoms with E-state index in [2.05, 4.69) is 38.6 Å². The van der Waals surface area contributed by atoms with Gasteiger partial charge in [-0.25, -0.2) is 4.79 Å². The third-order valence-electron chi connectivity index (χ3n) is 6.41. The van der Waals surface area contributed by atoms with Gasteiger partial charge in [0.2, 0.25) is 17.7 Å². The Morgan fingerprint density at radius 2 is 1.59 bits per heavy atom. The molecule has 14 nitrogen and oxygen atoms in total. The van der Waals surface area contributed by atoms with Crippen molar-refractivity contribution in [1.29, 1.82) is 0 Å². The Labute approximate surface area is 243 Å². The number of para-hydroxylation sites is 1. The van der Waals surface area contributed by atoms with Crippen molar-refractivity contribution >= 4 is 53.2 Å². The molecule has 2 aromatic rings. The number of carboxylic acid groups (broad SMARTS) is 1. The van der Waals surface area contributed by atoms with Crippen molar-refractivity contribution in [3.63, 3.8) is 0 Å². The van der Waals surface area contributed by atoms with Crippen molar-refractivity contribution in [2.45, 2.75) is 62.7 Å². The molecule has 4 atom stereocenters. The average Bonchev–Trinajstić information content (AvgIpc) is 3.35. The van der Waals surface area contributed by atoms with Crippen LogP contribution in [0.1, 0.15) is 37.7 Å². The first-order chi connectivity index (χ1) is 19.6. The molecule has 0 bridgehead atoms. The number of fused-ring (bicyclic) bond motifs is 1. The van der Waals surface area contributed by atoms with Gasteiger partial charge in [0.15, 0.2) is 5.96 Å². The molecule has 1 aromatic heterocycles. The summed E-state index contributed by atoms with van der Waals surface area (Å²) in [7, 11) is 0. The molecule has 13 N–H and O–H groups in total. The van der Waals surface area contributed by atoms with Crippen LogP contribution in [0.25, 0.3) is 10.9 Å². The van der Waals surface area contributed by atoms with Crippen LogP contribution in [0, 0.1) is 0 Å². The second-order valence-electron chi connectivity index (χ2n) is 9.61. The van der Waals surface area contributed by atoms with E-state index in [4.69, 9.17) is 22.9 Å². The second-order valence-corrected chi connectivity index (χ2v) is 9.97. The van der Waals surface area contributed by atoms with E-state index in [1.54, 1.807) is 6.20 Å². The Morgan fingerprint density at radius 3 is 2.24 bits per heavy atom. The number of hydrogen-bond donors (Lipinski definition) is 10. The maximum atomic E-state index is 13.4. The first-order valence-corrected chi connectivity index (χ1v) is 14.0. The zero-order chi connectivity index (χ0) is 30.4. The van der Waals surface area contributed by atoms with Crippen molar-refractivity contribution < 1.29 is 24.3 Å². The number of H-pyrrole nitrogens is 1. The van der Waals surface area contributed by atoms with Crippen LogP contribution >= 0.6 is 12.6 Å². The topological polar surface area (TPSA) is 257 Å². The predicted octanol–water partition coefficient (Wildman–Crippen LogP) is -1.31. The van der Waals surface area contributed by atoms with Gasteiger partial charge in [-0.2, -0.15) is 12.6 Å². The van der Waals surface area contributed by atoms with Crippen molar-refractivity contribution in [3.8, 4) is 0 Å². The smallest absolute Gasteiger partial charge is 0.326 e. The molecule has 0 aliphatic heterocycles. The van der Waals surface area contributed by atoms with E-state index >= 15 is 0 Å². The van der Waals surface area contributed by atoms with Gasteiger partial charge in [0.05, 0.1) is 6.04 Å². The van der Waals surface area contributed by atoms with Gasteiger partial charge in [-0.1, -0.05) is 18.2 Å². The Balaban J connectivity index is 2.17. The molecule has 15 heteroatoms. The normalized spacial score (nSPS) is 13.9. The SMILES string of the molecule is NCCCCC(NC(=O)C(CS)NC(=O)C(Cc1c[nH]c2ccccc12)NC(=O)C(N)CCCN=C(N)N)C(=O)O. The molecule has 0 saturated carbocycles. The minimum Gasteiger partial charge on any atom is -0.480 e. The van der Waals surface area contributed by atoms with Crippen LogP contribution in [-0.2, 0) is 25.6 Å². The molecule has 226 valence electrons. The molecular formula is C26H41N9O5S. The standard InChI is InChI=1S/C26H41N9O5S/c27-10-4-3-9-19(25(39)40)33-24(38)21(14-41)35-23(37)20(12-15-13-32-18-8-2-1-6-16(15)18)34-22(36)17(28)7-5-11-31-26(29)30/h1-2,6,8,13,17,19-21,32,41H,3-5,7,9-12,14,27-28H2,(H,33,38)(H,34,36)(H,35,37)(H,39,40)(H4,29,30,31). The second kappa shape index (κ2) is 17.1. The number of rotatable bonds is 18. The van der Waals surface area contributed by atoms with E-state index in [9.17, 15) is 24.3 Å². The van der Waals surface area contributed by atoms with Gasteiger partial charge in [0, 0.05) is 35.8 Å². The van der Waals surface area contributed by atoms with Gasteiger partial charge in [0.1, 0.15) is 18.1 Å². The number of carboxylic acids is 1. The summed E-state index contributed by atoms with van der Waals surface area (Å²) in [5.74, 6) is -3.29. The monoisotopic (exact) mass is 591 g/mol. The molecular weight excluding hydrogens is 550 g/mol. The van der Waals surface area contributed by atoms with Crippen molar-refractivity contribution in [2.75, 3.05) is 18.8 Å². The molecule has 0 aliphatic carbocycles. The number of aliphatic imine (C=N–C) groups is 1. The lowest BCUT2D eigenvalue weighted by Gasteiger charge is -2.24. The summed E-state index contributed by atoms with van der Waals surface area (Å²) in [6.07, 6.45) is 3.87. The summed E-state index contributed by atoms with van der Waals surface area (Å²) >= 11 is 4.18. The third kappa shape index (κ3) is 10.9. The molecule has 41 heavy (non-hydrogen) atoms. The highest BCUT2D eigenvalue weighted by atomic mass is 32.1. The quantitative estimate of drug-likeness (QED) is 0.0426. The average molecular weight is 592 g/mol. The van der Waals surface area contributed by atoms with Gasteiger partial charge in [-0.3, -0.25) is 19.4 Å². The van der Waals surface area contributed by atoms with E-state index in [0.717, 1.165) is 16.5 Å². The third-order valence-corrected chi connectivity index (χ3v) is 6.78. The fourth-order valence-electron chi connectivity index (χ4n) is 4.15. The van der Waals surface area contributed by atoms with Crippen LogP contribution < -0.4 is 38.9 Å². The van der Waals surface area contributed by atoms with Crippen molar-refractivity contribution in [2.24, 2.45) is 27.9 Å².